The van der Waals surface area contributed by atoms with Gasteiger partial charge in [-0.25, -0.2) is 18.3 Å². The molecule has 11 heteroatoms. The predicted molar refractivity (Wildman–Crippen MR) is 142 cm³/mol. The van der Waals surface area contributed by atoms with Crippen molar-refractivity contribution in [2.24, 2.45) is 5.73 Å². The number of nitrogens with one attached hydrogen (secondary N) is 1. The molecule has 9 nitrogen and oxygen atoms in total. The van der Waals surface area contributed by atoms with Crippen LogP contribution in [0.4, 0.5) is 19.4 Å². The molecule has 208 valence electrons. The standard InChI is InChI=1S/C15H19F2NO3.C13H14N4O/c1-20-9-14(15(19)21-2)18-6-5-11(8-18)10-3-4-12(16)13(17)7-10;14-13(18)15-12-10-7-4-8-11(10)16-17(12)9-5-2-1-3-6-9/h3-4,7,11,14H,5-6,8-9H2,1-2H3;1-3,5-6H,4,7-8H2,(H3,14,15,18). The van der Waals surface area contributed by atoms with Gasteiger partial charge >= 0.3 is 12.0 Å². The summed E-state index contributed by atoms with van der Waals surface area (Å²) in [5.74, 6) is -1.25. The Balaban J connectivity index is 0.000000183. The number of hydrogen-bond acceptors (Lipinski definition) is 6. The molecule has 2 aromatic carbocycles. The first kappa shape index (κ1) is 28.2. The van der Waals surface area contributed by atoms with E-state index in [-0.39, 0.29) is 18.5 Å². The Kier molecular flexibility index (Phi) is 9.26. The van der Waals surface area contributed by atoms with Crippen LogP contribution in [0.5, 0.6) is 0 Å². The lowest BCUT2D eigenvalue weighted by atomic mass is 9.98. The van der Waals surface area contributed by atoms with Crippen LogP contribution >= 0.6 is 0 Å². The number of urea groups is 1. The number of hydrogen-bond donors (Lipinski definition) is 2. The van der Waals surface area contributed by atoms with Crippen molar-refractivity contribution in [3.8, 4) is 5.69 Å². The molecule has 0 saturated carbocycles. The number of fused-ring (bicyclic) bond motifs is 1. The maximum atomic E-state index is 13.3. The molecule has 0 spiro atoms. The van der Waals surface area contributed by atoms with Crippen molar-refractivity contribution >= 4 is 17.8 Å². The van der Waals surface area contributed by atoms with E-state index in [1.807, 2.05) is 35.2 Å². The molecule has 2 aliphatic rings. The summed E-state index contributed by atoms with van der Waals surface area (Å²) < 4.78 is 37.9. The summed E-state index contributed by atoms with van der Waals surface area (Å²) in [5, 5.41) is 7.25. The Hall–Kier alpha value is -3.83. The molecule has 2 heterocycles. The largest absolute Gasteiger partial charge is 0.468 e. The lowest BCUT2D eigenvalue weighted by molar-refractivity contribution is -0.148. The van der Waals surface area contributed by atoms with Crippen LogP contribution in [-0.4, -0.2) is 66.6 Å². The van der Waals surface area contributed by atoms with Gasteiger partial charge in [0, 0.05) is 19.2 Å². The van der Waals surface area contributed by atoms with Crippen LogP contribution in [0.1, 0.15) is 35.6 Å². The lowest BCUT2D eigenvalue weighted by Crippen LogP contribution is -2.43. The third kappa shape index (κ3) is 6.61. The normalized spacial score (nSPS) is 17.2. The van der Waals surface area contributed by atoms with Gasteiger partial charge in [0.2, 0.25) is 0 Å². The predicted octanol–water partition coefficient (Wildman–Crippen LogP) is 3.79. The van der Waals surface area contributed by atoms with E-state index < -0.39 is 23.7 Å². The third-order valence-electron chi connectivity index (χ3n) is 7.02. The Bertz CT molecular complexity index is 1300. The maximum Gasteiger partial charge on any atom is 0.325 e. The smallest absolute Gasteiger partial charge is 0.325 e. The zero-order valence-electron chi connectivity index (χ0n) is 22.0. The number of para-hydroxylation sites is 1. The van der Waals surface area contributed by atoms with Crippen LogP contribution in [0, 0.1) is 11.6 Å². The molecule has 2 amide bonds. The van der Waals surface area contributed by atoms with Crippen LogP contribution < -0.4 is 11.1 Å². The number of nitrogens with two attached hydrogens (primary N) is 1. The van der Waals surface area contributed by atoms with Gasteiger partial charge in [0.05, 0.1) is 25.1 Å². The summed E-state index contributed by atoms with van der Waals surface area (Å²) in [6.07, 6.45) is 3.77. The third-order valence-corrected chi connectivity index (χ3v) is 7.02. The first-order valence-electron chi connectivity index (χ1n) is 12.8. The summed E-state index contributed by atoms with van der Waals surface area (Å²) in [4.78, 5) is 24.9. The van der Waals surface area contributed by atoms with Crippen molar-refractivity contribution in [1.29, 1.82) is 0 Å². The number of esters is 1. The second kappa shape index (κ2) is 12.8. The van der Waals surface area contributed by atoms with Gasteiger partial charge in [-0.1, -0.05) is 24.3 Å². The molecular formula is C28H33F2N5O4. The van der Waals surface area contributed by atoms with Crippen molar-refractivity contribution in [2.45, 2.75) is 37.6 Å². The molecule has 1 aliphatic heterocycles. The SMILES string of the molecule is COCC(C(=O)OC)N1CCC(c2ccc(F)c(F)c2)C1.NC(=O)Nc1c2c(nn1-c1ccccc1)CCC2. The fourth-order valence-corrected chi connectivity index (χ4v) is 5.12. The van der Waals surface area contributed by atoms with Crippen LogP contribution in [0.3, 0.4) is 0 Å². The Morgan fingerprint density at radius 3 is 2.56 bits per heavy atom. The average molecular weight is 542 g/mol. The number of methoxy groups -OCH3 is 2. The van der Waals surface area contributed by atoms with Crippen LogP contribution in [-0.2, 0) is 27.1 Å². The van der Waals surface area contributed by atoms with Gasteiger partial charge < -0.3 is 15.2 Å². The van der Waals surface area contributed by atoms with Crippen molar-refractivity contribution in [3.63, 3.8) is 0 Å². The monoisotopic (exact) mass is 541 g/mol. The number of aromatic nitrogens is 2. The number of carbonyl (C=O) groups excluding carboxylic acids is 2. The highest BCUT2D eigenvalue weighted by Crippen LogP contribution is 2.31. The Morgan fingerprint density at radius 2 is 1.90 bits per heavy atom. The molecular weight excluding hydrogens is 508 g/mol. The van der Waals surface area contributed by atoms with Crippen molar-refractivity contribution in [2.75, 3.05) is 39.2 Å². The molecule has 3 N–H and O–H groups in total. The van der Waals surface area contributed by atoms with Gasteiger partial charge in [0.1, 0.15) is 11.9 Å². The molecule has 1 saturated heterocycles. The topological polar surface area (TPSA) is 112 Å². The average Bonchev–Trinajstić information content (AvgIpc) is 3.67. The number of halogens is 2. The number of amides is 2. The van der Waals surface area contributed by atoms with Gasteiger partial charge in [-0.15, -0.1) is 0 Å². The molecule has 5 rings (SSSR count). The number of aryl methyl sites for hydroxylation is 1. The molecule has 1 fully saturated rings. The van der Waals surface area contributed by atoms with E-state index in [1.54, 1.807) is 10.7 Å². The van der Waals surface area contributed by atoms with Crippen LogP contribution in [0.15, 0.2) is 48.5 Å². The van der Waals surface area contributed by atoms with E-state index >= 15 is 0 Å². The number of likely N-dealkylation sites (tertiary alicyclic amines) is 1. The summed E-state index contributed by atoms with van der Waals surface area (Å²) in [6.45, 7) is 1.53. The van der Waals surface area contributed by atoms with Crippen LogP contribution in [0.25, 0.3) is 5.69 Å². The number of anilines is 1. The molecule has 3 aromatic rings. The molecule has 2 atom stereocenters. The van der Waals surface area contributed by atoms with Crippen LogP contribution in [0.2, 0.25) is 0 Å². The van der Waals surface area contributed by atoms with Crippen molar-refractivity contribution < 1.29 is 27.8 Å². The number of primary amides is 1. The van der Waals surface area contributed by atoms with E-state index in [0.29, 0.717) is 18.9 Å². The second-order valence-electron chi connectivity index (χ2n) is 9.51. The fraction of sp³-hybridized carbons (Fsp3) is 0.393. The van der Waals surface area contributed by atoms with Crippen molar-refractivity contribution in [1.82, 2.24) is 14.7 Å². The molecule has 1 aromatic heterocycles. The van der Waals surface area contributed by atoms with E-state index in [2.05, 4.69) is 10.4 Å². The minimum Gasteiger partial charge on any atom is -0.468 e. The number of nitrogens with zero attached hydrogens (tertiary/aromatic N) is 3. The Morgan fingerprint density at radius 1 is 1.13 bits per heavy atom. The Labute approximate surface area is 225 Å². The molecule has 0 bridgehead atoms. The first-order valence-corrected chi connectivity index (χ1v) is 12.8. The van der Waals surface area contributed by atoms with E-state index in [9.17, 15) is 18.4 Å². The second-order valence-corrected chi connectivity index (χ2v) is 9.51. The summed E-state index contributed by atoms with van der Waals surface area (Å²) in [5.41, 5.74) is 9.07. The fourth-order valence-electron chi connectivity index (χ4n) is 5.12. The number of rotatable bonds is 7. The highest BCUT2D eigenvalue weighted by molar-refractivity contribution is 5.88. The molecule has 0 radical (unpaired) electrons. The van der Waals surface area contributed by atoms with E-state index in [1.165, 1.54) is 20.3 Å². The summed E-state index contributed by atoms with van der Waals surface area (Å²) >= 11 is 0. The lowest BCUT2D eigenvalue weighted by Gasteiger charge is -2.24. The first-order chi connectivity index (χ1) is 18.8. The van der Waals surface area contributed by atoms with Gasteiger partial charge in [-0.2, -0.15) is 5.10 Å². The van der Waals surface area contributed by atoms with E-state index in [0.717, 1.165) is 54.3 Å². The zero-order chi connectivity index (χ0) is 27.9. The quantitative estimate of drug-likeness (QED) is 0.441. The van der Waals surface area contributed by atoms with Gasteiger partial charge in [0.25, 0.3) is 0 Å². The summed E-state index contributed by atoms with van der Waals surface area (Å²) in [6, 6.07) is 12.7. The number of benzene rings is 2. The van der Waals surface area contributed by atoms with Gasteiger partial charge in [-0.3, -0.25) is 15.0 Å². The maximum absolute atomic E-state index is 13.3. The highest BCUT2D eigenvalue weighted by Gasteiger charge is 2.34. The van der Waals surface area contributed by atoms with Crippen molar-refractivity contribution in [3.05, 3.63) is 77.0 Å². The number of ether oxygens (including phenoxy) is 2. The number of carbonyl (C=O) groups is 2. The van der Waals surface area contributed by atoms with Gasteiger partial charge in [-0.05, 0) is 68.0 Å². The van der Waals surface area contributed by atoms with Gasteiger partial charge in [0.15, 0.2) is 11.6 Å². The minimum atomic E-state index is -0.847. The summed E-state index contributed by atoms with van der Waals surface area (Å²) in [7, 11) is 2.87. The minimum absolute atomic E-state index is 0.0733. The molecule has 1 aliphatic carbocycles. The zero-order valence-corrected chi connectivity index (χ0v) is 22.0. The molecule has 39 heavy (non-hydrogen) atoms. The van der Waals surface area contributed by atoms with E-state index in [4.69, 9.17) is 15.2 Å². The molecule has 2 unspecified atom stereocenters. The highest BCUT2D eigenvalue weighted by atomic mass is 19.2.